The van der Waals surface area contributed by atoms with Gasteiger partial charge < -0.3 is 19.2 Å². The normalized spacial score (nSPS) is 10.6. The molecular formula is C22H23NO4. The summed E-state index contributed by atoms with van der Waals surface area (Å²) < 4.78 is 16.6. The van der Waals surface area contributed by atoms with E-state index in [0.717, 1.165) is 16.9 Å². The maximum atomic E-state index is 12.5. The number of methoxy groups -OCH3 is 1. The molecule has 5 nitrogen and oxygen atoms in total. The van der Waals surface area contributed by atoms with E-state index in [-0.39, 0.29) is 18.3 Å². The van der Waals surface area contributed by atoms with E-state index in [4.69, 9.17) is 13.9 Å². The molecular weight excluding hydrogens is 342 g/mol. The molecule has 0 fully saturated rings. The molecule has 0 bridgehead atoms. The predicted octanol–water partition coefficient (Wildman–Crippen LogP) is 4.87. The van der Waals surface area contributed by atoms with E-state index in [9.17, 15) is 4.79 Å². The Bertz CT molecular complexity index is 930. The Labute approximate surface area is 158 Å². The van der Waals surface area contributed by atoms with E-state index < -0.39 is 0 Å². The zero-order valence-corrected chi connectivity index (χ0v) is 15.7. The van der Waals surface area contributed by atoms with E-state index in [1.54, 1.807) is 19.2 Å². The highest BCUT2D eigenvalue weighted by molar-refractivity contribution is 6.02. The molecule has 0 spiro atoms. The number of para-hydroxylation sites is 1. The summed E-state index contributed by atoms with van der Waals surface area (Å²) >= 11 is 0. The Kier molecular flexibility index (Phi) is 5.94. The van der Waals surface area contributed by atoms with Gasteiger partial charge in [0, 0.05) is 18.4 Å². The van der Waals surface area contributed by atoms with Crippen LogP contribution in [0.25, 0.3) is 0 Å². The second kappa shape index (κ2) is 8.56. The summed E-state index contributed by atoms with van der Waals surface area (Å²) in [5, 5.41) is 2.86. The first-order chi connectivity index (χ1) is 13.1. The van der Waals surface area contributed by atoms with Crippen LogP contribution < -0.4 is 10.1 Å². The van der Waals surface area contributed by atoms with Gasteiger partial charge in [0.25, 0.3) is 5.91 Å². The van der Waals surface area contributed by atoms with Gasteiger partial charge in [-0.1, -0.05) is 35.9 Å². The minimum atomic E-state index is -0.309. The molecule has 0 aliphatic heterocycles. The summed E-state index contributed by atoms with van der Waals surface area (Å²) in [5.74, 6) is 1.32. The fraction of sp³-hybridized carbons (Fsp3) is 0.227. The highest BCUT2D eigenvalue weighted by atomic mass is 16.5. The van der Waals surface area contributed by atoms with Gasteiger partial charge in [-0.3, -0.25) is 4.79 Å². The molecule has 1 N–H and O–H groups in total. The Morgan fingerprint density at radius 2 is 1.85 bits per heavy atom. The smallest absolute Gasteiger partial charge is 0.291 e. The molecule has 1 amide bonds. The molecule has 3 rings (SSSR count). The molecule has 1 aromatic heterocycles. The zero-order valence-electron chi connectivity index (χ0n) is 15.7. The van der Waals surface area contributed by atoms with Crippen LogP contribution in [0.3, 0.4) is 0 Å². The number of rotatable bonds is 7. The Morgan fingerprint density at radius 1 is 1.04 bits per heavy atom. The zero-order chi connectivity index (χ0) is 19.2. The molecule has 27 heavy (non-hydrogen) atoms. The summed E-state index contributed by atoms with van der Waals surface area (Å²) in [6, 6.07) is 16.9. The second-order valence-electron chi connectivity index (χ2n) is 6.37. The van der Waals surface area contributed by atoms with Gasteiger partial charge in [-0.25, -0.2) is 0 Å². The number of carbonyl (C=O) groups excluding carboxylic acids is 1. The maximum Gasteiger partial charge on any atom is 0.291 e. The first-order valence-corrected chi connectivity index (χ1v) is 8.74. The highest BCUT2D eigenvalue weighted by Crippen LogP contribution is 2.21. The van der Waals surface area contributed by atoms with Crippen molar-refractivity contribution in [1.82, 2.24) is 0 Å². The molecule has 0 atom stereocenters. The SMILES string of the molecule is COCc1ccccc1NC(=O)c1ccc(COc2ccc(C)cc2C)o1. The van der Waals surface area contributed by atoms with Crippen LogP contribution >= 0.6 is 0 Å². The van der Waals surface area contributed by atoms with Crippen molar-refractivity contribution in [3.63, 3.8) is 0 Å². The molecule has 3 aromatic rings. The molecule has 1 heterocycles. The number of carbonyl (C=O) groups is 1. The minimum absolute atomic E-state index is 0.237. The molecule has 0 unspecified atom stereocenters. The number of hydrogen-bond acceptors (Lipinski definition) is 4. The fourth-order valence-electron chi connectivity index (χ4n) is 2.80. The van der Waals surface area contributed by atoms with Crippen LogP contribution in [0.4, 0.5) is 5.69 Å². The van der Waals surface area contributed by atoms with E-state index in [1.807, 2.05) is 50.2 Å². The number of benzene rings is 2. The minimum Gasteiger partial charge on any atom is -0.485 e. The second-order valence-corrected chi connectivity index (χ2v) is 6.37. The van der Waals surface area contributed by atoms with Gasteiger partial charge in [0.15, 0.2) is 5.76 Å². The number of nitrogens with one attached hydrogen (secondary N) is 1. The monoisotopic (exact) mass is 365 g/mol. The number of furan rings is 1. The highest BCUT2D eigenvalue weighted by Gasteiger charge is 2.14. The third-order valence-electron chi connectivity index (χ3n) is 4.15. The number of anilines is 1. The van der Waals surface area contributed by atoms with E-state index in [1.165, 1.54) is 5.56 Å². The van der Waals surface area contributed by atoms with Crippen LogP contribution in [0.2, 0.25) is 0 Å². The van der Waals surface area contributed by atoms with Crippen LogP contribution in [0.1, 0.15) is 33.0 Å². The average molecular weight is 365 g/mol. The van der Waals surface area contributed by atoms with Gasteiger partial charge >= 0.3 is 0 Å². The number of ether oxygens (including phenoxy) is 2. The lowest BCUT2D eigenvalue weighted by molar-refractivity contribution is 0.0992. The largest absolute Gasteiger partial charge is 0.485 e. The van der Waals surface area contributed by atoms with Gasteiger partial charge in [0.05, 0.1) is 6.61 Å². The van der Waals surface area contributed by atoms with Crippen LogP contribution in [-0.4, -0.2) is 13.0 Å². The van der Waals surface area contributed by atoms with Gasteiger partial charge in [-0.2, -0.15) is 0 Å². The first kappa shape index (κ1) is 18.7. The Hall–Kier alpha value is -3.05. The summed E-state index contributed by atoms with van der Waals surface area (Å²) in [6.07, 6.45) is 0. The van der Waals surface area contributed by atoms with Gasteiger partial charge in [0.1, 0.15) is 18.1 Å². The fourth-order valence-corrected chi connectivity index (χ4v) is 2.80. The molecule has 0 saturated carbocycles. The Balaban J connectivity index is 1.64. The molecule has 0 radical (unpaired) electrons. The van der Waals surface area contributed by atoms with Crippen molar-refractivity contribution in [1.29, 1.82) is 0 Å². The molecule has 0 saturated heterocycles. The summed E-state index contributed by atoms with van der Waals surface area (Å²) in [7, 11) is 1.62. The quantitative estimate of drug-likeness (QED) is 0.649. The first-order valence-electron chi connectivity index (χ1n) is 8.74. The third-order valence-corrected chi connectivity index (χ3v) is 4.15. The average Bonchev–Trinajstić information content (AvgIpc) is 3.12. The number of amides is 1. The summed E-state index contributed by atoms with van der Waals surface area (Å²) in [5.41, 5.74) is 3.85. The lowest BCUT2D eigenvalue weighted by Crippen LogP contribution is -2.12. The third kappa shape index (κ3) is 4.77. The van der Waals surface area contributed by atoms with Crippen LogP contribution in [0.15, 0.2) is 59.0 Å². The van der Waals surface area contributed by atoms with Crippen molar-refractivity contribution in [3.8, 4) is 5.75 Å². The predicted molar refractivity (Wildman–Crippen MR) is 104 cm³/mol. The topological polar surface area (TPSA) is 60.7 Å². The molecule has 2 aromatic carbocycles. The lowest BCUT2D eigenvalue weighted by Gasteiger charge is -2.09. The van der Waals surface area contributed by atoms with Crippen LogP contribution in [-0.2, 0) is 18.0 Å². The van der Waals surface area contributed by atoms with Crippen molar-refractivity contribution in [3.05, 3.63) is 82.8 Å². The van der Waals surface area contributed by atoms with Crippen molar-refractivity contribution in [2.24, 2.45) is 0 Å². The molecule has 0 aliphatic rings. The van der Waals surface area contributed by atoms with Gasteiger partial charge in [0.2, 0.25) is 0 Å². The van der Waals surface area contributed by atoms with Crippen LogP contribution in [0.5, 0.6) is 5.75 Å². The number of hydrogen-bond donors (Lipinski definition) is 1. The van der Waals surface area contributed by atoms with Crippen molar-refractivity contribution in [2.75, 3.05) is 12.4 Å². The van der Waals surface area contributed by atoms with Crippen molar-refractivity contribution in [2.45, 2.75) is 27.1 Å². The van der Waals surface area contributed by atoms with E-state index in [2.05, 4.69) is 11.4 Å². The van der Waals surface area contributed by atoms with Crippen molar-refractivity contribution >= 4 is 11.6 Å². The standard InChI is InChI=1S/C22H23NO4/c1-15-8-10-20(16(2)12-15)26-14-18-9-11-21(27-18)22(24)23-19-7-5-4-6-17(19)13-25-3/h4-12H,13-14H2,1-3H3,(H,23,24). The van der Waals surface area contributed by atoms with Gasteiger partial charge in [-0.05, 0) is 43.7 Å². The van der Waals surface area contributed by atoms with Gasteiger partial charge in [-0.15, -0.1) is 0 Å². The lowest BCUT2D eigenvalue weighted by atomic mass is 10.1. The summed E-state index contributed by atoms with van der Waals surface area (Å²) in [4.78, 5) is 12.5. The summed E-state index contributed by atoms with van der Waals surface area (Å²) in [6.45, 7) is 4.72. The van der Waals surface area contributed by atoms with Crippen LogP contribution in [0, 0.1) is 13.8 Å². The maximum absolute atomic E-state index is 12.5. The molecule has 5 heteroatoms. The van der Waals surface area contributed by atoms with E-state index in [0.29, 0.717) is 18.1 Å². The molecule has 140 valence electrons. The Morgan fingerprint density at radius 3 is 2.63 bits per heavy atom. The van der Waals surface area contributed by atoms with E-state index >= 15 is 0 Å². The number of aryl methyl sites for hydroxylation is 2. The van der Waals surface area contributed by atoms with Crippen molar-refractivity contribution < 1.29 is 18.7 Å². The molecule has 0 aliphatic carbocycles.